The average molecular weight is 501 g/mol. The zero-order valence-electron chi connectivity index (χ0n) is 17.2. The summed E-state index contributed by atoms with van der Waals surface area (Å²) >= 11 is 0. The quantitative estimate of drug-likeness (QED) is 0.311. The van der Waals surface area contributed by atoms with Crippen molar-refractivity contribution in [2.45, 2.75) is 9.79 Å². The van der Waals surface area contributed by atoms with Gasteiger partial charge in [-0.25, -0.2) is 0 Å². The molecule has 170 valence electrons. The molecule has 0 atom stereocenters. The van der Waals surface area contributed by atoms with Gasteiger partial charge in [-0.2, -0.15) is 0 Å². The second kappa shape index (κ2) is 8.82. The standard InChI is InChI=1S/C24H21O6PS2/c25-32(26,27)23-15-7-13-21(17-23)31(19-9-3-1-4-10-19,20-11-5-2-6-12-20)22-14-8-16-24(18-22)33(28,29)30/h1-18,31H,(H,25,26,27)(H,28,29,30). The zero-order valence-corrected chi connectivity index (χ0v) is 19.9. The van der Waals surface area contributed by atoms with E-state index in [0.29, 0.717) is 10.6 Å². The van der Waals surface area contributed by atoms with Gasteiger partial charge < -0.3 is 0 Å². The molecule has 4 aromatic carbocycles. The zero-order chi connectivity index (χ0) is 23.7. The first-order chi connectivity index (χ1) is 15.6. The Morgan fingerprint density at radius 2 is 0.788 bits per heavy atom. The maximum absolute atomic E-state index is 12.0. The molecule has 0 aliphatic rings. The van der Waals surface area contributed by atoms with E-state index >= 15 is 0 Å². The van der Waals surface area contributed by atoms with Crippen LogP contribution in [0.5, 0.6) is 0 Å². The second-order valence-corrected chi connectivity index (χ2v) is 14.1. The van der Waals surface area contributed by atoms with Crippen LogP contribution in [0.25, 0.3) is 0 Å². The van der Waals surface area contributed by atoms with Crippen molar-refractivity contribution in [1.29, 1.82) is 0 Å². The Morgan fingerprint density at radius 1 is 0.455 bits per heavy atom. The predicted octanol–water partition coefficient (Wildman–Crippen LogP) is 2.53. The van der Waals surface area contributed by atoms with Crippen LogP contribution in [0.4, 0.5) is 0 Å². The van der Waals surface area contributed by atoms with Crippen molar-refractivity contribution in [1.82, 2.24) is 0 Å². The van der Waals surface area contributed by atoms with Crippen molar-refractivity contribution >= 4 is 48.7 Å². The van der Waals surface area contributed by atoms with E-state index in [2.05, 4.69) is 0 Å². The predicted molar refractivity (Wildman–Crippen MR) is 132 cm³/mol. The van der Waals surface area contributed by atoms with Crippen LogP contribution >= 0.6 is 7.26 Å². The van der Waals surface area contributed by atoms with Gasteiger partial charge in [0.15, 0.2) is 0 Å². The Balaban J connectivity index is 2.19. The molecule has 4 aromatic rings. The minimum atomic E-state index is -4.48. The van der Waals surface area contributed by atoms with Gasteiger partial charge in [-0.3, -0.25) is 0 Å². The van der Waals surface area contributed by atoms with E-state index in [1.54, 1.807) is 24.3 Å². The molecular formula is C24H21O6PS2. The molecule has 0 unspecified atom stereocenters. The third kappa shape index (κ3) is 4.49. The fraction of sp³-hybridized carbons (Fsp3) is 0. The molecule has 33 heavy (non-hydrogen) atoms. The van der Waals surface area contributed by atoms with Gasteiger partial charge in [0, 0.05) is 0 Å². The van der Waals surface area contributed by atoms with Crippen molar-refractivity contribution in [3.05, 3.63) is 109 Å². The summed E-state index contributed by atoms with van der Waals surface area (Å²) in [5.74, 6) is 0. The summed E-state index contributed by atoms with van der Waals surface area (Å²) in [7, 11) is -12.2. The summed E-state index contributed by atoms with van der Waals surface area (Å²) in [6, 6.07) is 31.0. The third-order valence-corrected chi connectivity index (χ3v) is 12.0. The van der Waals surface area contributed by atoms with E-state index in [-0.39, 0.29) is 9.79 Å². The summed E-state index contributed by atoms with van der Waals surface area (Å²) in [5.41, 5.74) is 0. The summed E-state index contributed by atoms with van der Waals surface area (Å²) < 4.78 is 67.3. The Hall–Kier alpha value is -2.87. The molecule has 4 rings (SSSR count). The third-order valence-electron chi connectivity index (χ3n) is 5.54. The number of benzene rings is 4. The van der Waals surface area contributed by atoms with Crippen molar-refractivity contribution in [2.75, 3.05) is 0 Å². The molecule has 6 nitrogen and oxygen atoms in total. The van der Waals surface area contributed by atoms with Crippen LogP contribution in [0.2, 0.25) is 0 Å². The monoisotopic (exact) mass is 500 g/mol. The molecule has 9 heteroatoms. The molecular weight excluding hydrogens is 479 g/mol. The fourth-order valence-electron chi connectivity index (χ4n) is 4.16. The Morgan fingerprint density at radius 3 is 1.12 bits per heavy atom. The van der Waals surface area contributed by atoms with Crippen LogP contribution in [0, 0.1) is 0 Å². The summed E-state index contributed by atoms with van der Waals surface area (Å²) in [6.45, 7) is 0. The van der Waals surface area contributed by atoms with Gasteiger partial charge >= 0.3 is 194 Å². The van der Waals surface area contributed by atoms with E-state index in [1.807, 2.05) is 60.7 Å². The molecule has 0 saturated heterocycles. The number of hydrogen-bond acceptors (Lipinski definition) is 4. The summed E-state index contributed by atoms with van der Waals surface area (Å²) in [6.07, 6.45) is 0. The van der Waals surface area contributed by atoms with Crippen LogP contribution in [0.15, 0.2) is 119 Å². The topological polar surface area (TPSA) is 109 Å². The van der Waals surface area contributed by atoms with Gasteiger partial charge in [0.25, 0.3) is 0 Å². The average Bonchev–Trinajstić information content (AvgIpc) is 2.80. The van der Waals surface area contributed by atoms with Crippen LogP contribution in [0.1, 0.15) is 0 Å². The molecule has 0 aliphatic carbocycles. The molecule has 0 saturated carbocycles. The van der Waals surface area contributed by atoms with Gasteiger partial charge in [0.2, 0.25) is 0 Å². The van der Waals surface area contributed by atoms with Gasteiger partial charge in [-0.1, -0.05) is 0 Å². The maximum atomic E-state index is 12.0. The van der Waals surface area contributed by atoms with Crippen LogP contribution in [0.3, 0.4) is 0 Å². The van der Waals surface area contributed by atoms with Gasteiger partial charge in [0.1, 0.15) is 0 Å². The normalized spacial score (nSPS) is 12.9. The molecule has 0 spiro atoms. The SMILES string of the molecule is O=S(=O)(O)c1cccc([PH](c2ccccc2)(c2ccccc2)c2cccc(S(=O)(=O)O)c2)c1. The van der Waals surface area contributed by atoms with Crippen LogP contribution < -0.4 is 21.2 Å². The van der Waals surface area contributed by atoms with E-state index in [4.69, 9.17) is 0 Å². The number of hydrogen-bond donors (Lipinski definition) is 2. The first-order valence-corrected chi connectivity index (χ1v) is 14.8. The van der Waals surface area contributed by atoms with Crippen molar-refractivity contribution in [3.63, 3.8) is 0 Å². The Kier molecular flexibility index (Phi) is 6.22. The molecule has 2 N–H and O–H groups in total. The van der Waals surface area contributed by atoms with Gasteiger partial charge in [0.05, 0.1) is 0 Å². The van der Waals surface area contributed by atoms with Crippen LogP contribution in [-0.4, -0.2) is 25.9 Å². The van der Waals surface area contributed by atoms with Gasteiger partial charge in [-0.15, -0.1) is 0 Å². The van der Waals surface area contributed by atoms with E-state index in [1.165, 1.54) is 24.3 Å². The Labute approximate surface area is 193 Å². The van der Waals surface area contributed by atoms with Crippen molar-refractivity contribution in [2.24, 2.45) is 0 Å². The molecule has 0 amide bonds. The van der Waals surface area contributed by atoms with Crippen molar-refractivity contribution in [3.8, 4) is 0 Å². The second-order valence-electron chi connectivity index (χ2n) is 7.49. The summed E-state index contributed by atoms with van der Waals surface area (Å²) in [5, 5.41) is 3.00. The molecule has 0 radical (unpaired) electrons. The fourth-order valence-corrected chi connectivity index (χ4v) is 10.2. The molecule has 0 heterocycles. The van der Waals surface area contributed by atoms with Crippen molar-refractivity contribution < 1.29 is 25.9 Å². The minimum absolute atomic E-state index is 0.255. The first kappa shape index (κ1) is 23.3. The van der Waals surface area contributed by atoms with E-state index in [9.17, 15) is 25.9 Å². The van der Waals surface area contributed by atoms with Crippen LogP contribution in [-0.2, 0) is 20.2 Å². The number of rotatable bonds is 6. The molecule has 0 aromatic heterocycles. The molecule has 0 bridgehead atoms. The van der Waals surface area contributed by atoms with E-state index < -0.39 is 27.5 Å². The first-order valence-electron chi connectivity index (χ1n) is 9.90. The van der Waals surface area contributed by atoms with Gasteiger partial charge in [-0.05, 0) is 0 Å². The summed E-state index contributed by atoms with van der Waals surface area (Å²) in [4.78, 5) is -0.510. The molecule has 0 aliphatic heterocycles. The molecule has 0 fully saturated rings. The van der Waals surface area contributed by atoms with E-state index in [0.717, 1.165) is 10.6 Å². The Bertz CT molecular complexity index is 1390.